The molecule has 1 spiro atoms. The van der Waals surface area contributed by atoms with Gasteiger partial charge in [0.25, 0.3) is 11.9 Å². The van der Waals surface area contributed by atoms with E-state index in [9.17, 15) is 17.6 Å². The van der Waals surface area contributed by atoms with E-state index in [0.29, 0.717) is 11.1 Å². The quantitative estimate of drug-likeness (QED) is 0.753. The summed E-state index contributed by atoms with van der Waals surface area (Å²) < 4.78 is 63.6. The van der Waals surface area contributed by atoms with Gasteiger partial charge in [0.15, 0.2) is 12.1 Å². The largest absolute Gasteiger partial charge is 0.459 e. The van der Waals surface area contributed by atoms with Gasteiger partial charge in [0, 0.05) is 29.9 Å². The van der Waals surface area contributed by atoms with Crippen molar-refractivity contribution in [3.63, 3.8) is 0 Å². The molecule has 1 aromatic carbocycles. The molecule has 28 heavy (non-hydrogen) atoms. The van der Waals surface area contributed by atoms with E-state index < -0.39 is 48.4 Å². The number of fused-ring (bicyclic) bond motifs is 2. The first-order valence-electron chi connectivity index (χ1n) is 8.43. The van der Waals surface area contributed by atoms with Crippen molar-refractivity contribution in [3.05, 3.63) is 53.3 Å². The summed E-state index contributed by atoms with van der Waals surface area (Å²) in [6.07, 6.45) is 1.41. The number of nitriles is 1. The number of hydrogen-bond donors (Lipinski definition) is 1. The monoisotopic (exact) mass is 390 g/mol. The highest BCUT2D eigenvalue weighted by atomic mass is 19.3. The lowest BCUT2D eigenvalue weighted by Crippen LogP contribution is -2.55. The molecule has 1 aliphatic heterocycles. The van der Waals surface area contributed by atoms with Gasteiger partial charge in [-0.15, -0.1) is 0 Å². The van der Waals surface area contributed by atoms with Gasteiger partial charge in [-0.05, 0) is 29.7 Å². The van der Waals surface area contributed by atoms with Crippen LogP contribution in [0.25, 0.3) is 11.1 Å². The third kappa shape index (κ3) is 2.59. The second kappa shape index (κ2) is 5.92. The SMILES string of the molecule is N#Cc1cncc(-c2ccc3c(c2)[C@@]2(CCC3(F)F)N=C(N)OCC2(F)F)c1. The predicted octanol–water partition coefficient (Wildman–Crippen LogP) is 3.68. The minimum Gasteiger partial charge on any atom is -0.459 e. The average Bonchev–Trinajstić information content (AvgIpc) is 2.68. The van der Waals surface area contributed by atoms with Crippen LogP contribution in [0, 0.1) is 11.3 Å². The van der Waals surface area contributed by atoms with E-state index in [1.807, 2.05) is 6.07 Å². The third-order valence-electron chi connectivity index (χ3n) is 5.17. The van der Waals surface area contributed by atoms with Crippen molar-refractivity contribution < 1.29 is 22.3 Å². The van der Waals surface area contributed by atoms with Gasteiger partial charge in [0.1, 0.15) is 6.07 Å². The molecule has 0 unspecified atom stereocenters. The van der Waals surface area contributed by atoms with Crippen molar-refractivity contribution in [1.82, 2.24) is 4.98 Å². The maximum atomic E-state index is 14.9. The van der Waals surface area contributed by atoms with Crippen molar-refractivity contribution in [2.24, 2.45) is 10.7 Å². The summed E-state index contributed by atoms with van der Waals surface area (Å²) in [5.41, 5.74) is 3.57. The number of aliphatic imine (C=N–C) groups is 1. The fraction of sp³-hybridized carbons (Fsp3) is 0.316. The molecule has 0 fully saturated rings. The number of alkyl halides is 4. The summed E-state index contributed by atoms with van der Waals surface area (Å²) in [4.78, 5) is 7.75. The van der Waals surface area contributed by atoms with Gasteiger partial charge >= 0.3 is 5.92 Å². The highest BCUT2D eigenvalue weighted by Crippen LogP contribution is 2.56. The molecule has 1 aliphatic carbocycles. The fourth-order valence-corrected chi connectivity index (χ4v) is 3.73. The topological polar surface area (TPSA) is 84.3 Å². The number of aromatic nitrogens is 1. The number of pyridine rings is 1. The highest BCUT2D eigenvalue weighted by molar-refractivity contribution is 5.74. The molecule has 0 amide bonds. The molecule has 0 radical (unpaired) electrons. The number of nitrogens with zero attached hydrogens (tertiary/aromatic N) is 3. The Kier molecular flexibility index (Phi) is 3.86. The van der Waals surface area contributed by atoms with Gasteiger partial charge in [-0.25, -0.2) is 13.8 Å². The van der Waals surface area contributed by atoms with Crippen LogP contribution in [0.3, 0.4) is 0 Å². The zero-order chi connectivity index (χ0) is 20.2. The van der Waals surface area contributed by atoms with E-state index in [2.05, 4.69) is 14.7 Å². The number of rotatable bonds is 1. The molecule has 0 bridgehead atoms. The minimum absolute atomic E-state index is 0.258. The Hall–Kier alpha value is -3.15. The first-order valence-corrected chi connectivity index (χ1v) is 8.43. The molecule has 144 valence electrons. The summed E-state index contributed by atoms with van der Waals surface area (Å²) in [5.74, 6) is -6.79. The lowest BCUT2D eigenvalue weighted by Gasteiger charge is -2.45. The molecule has 2 N–H and O–H groups in total. The molecule has 2 aromatic rings. The van der Waals surface area contributed by atoms with Crippen molar-refractivity contribution in [2.75, 3.05) is 6.61 Å². The molecule has 1 atom stereocenters. The number of hydrogen-bond acceptors (Lipinski definition) is 5. The zero-order valence-corrected chi connectivity index (χ0v) is 14.4. The van der Waals surface area contributed by atoms with Crippen LogP contribution in [0.1, 0.15) is 29.5 Å². The van der Waals surface area contributed by atoms with Crippen molar-refractivity contribution in [1.29, 1.82) is 5.26 Å². The Labute approximate surface area is 157 Å². The maximum Gasteiger partial charge on any atom is 0.310 e. The molecule has 9 heteroatoms. The Morgan fingerprint density at radius 1 is 1.04 bits per heavy atom. The highest BCUT2D eigenvalue weighted by Gasteiger charge is 2.63. The molecule has 2 heterocycles. The van der Waals surface area contributed by atoms with Crippen LogP contribution in [0.5, 0.6) is 0 Å². The fourth-order valence-electron chi connectivity index (χ4n) is 3.73. The van der Waals surface area contributed by atoms with E-state index in [4.69, 9.17) is 11.0 Å². The van der Waals surface area contributed by atoms with Crippen molar-refractivity contribution >= 4 is 6.02 Å². The van der Waals surface area contributed by atoms with Crippen molar-refractivity contribution in [2.45, 2.75) is 30.2 Å². The van der Waals surface area contributed by atoms with Gasteiger partial charge in [0.05, 0.1) is 5.56 Å². The summed E-state index contributed by atoms with van der Waals surface area (Å²) in [5, 5.41) is 9.03. The van der Waals surface area contributed by atoms with Crippen LogP contribution < -0.4 is 5.73 Å². The summed E-state index contributed by atoms with van der Waals surface area (Å²) in [6, 6.07) is 6.76. The van der Waals surface area contributed by atoms with E-state index >= 15 is 0 Å². The van der Waals surface area contributed by atoms with Crippen molar-refractivity contribution in [3.8, 4) is 17.2 Å². The van der Waals surface area contributed by atoms with Gasteiger partial charge < -0.3 is 10.5 Å². The first kappa shape index (κ1) is 18.2. The minimum atomic E-state index is -3.52. The van der Waals surface area contributed by atoms with Crippen LogP contribution in [0.15, 0.2) is 41.7 Å². The normalized spacial score (nSPS) is 24.6. The summed E-state index contributed by atoms with van der Waals surface area (Å²) in [7, 11) is 0. The third-order valence-corrected chi connectivity index (χ3v) is 5.17. The van der Waals surface area contributed by atoms with Crippen LogP contribution in [-0.2, 0) is 16.2 Å². The molecule has 5 nitrogen and oxygen atoms in total. The Bertz CT molecular complexity index is 1030. The zero-order valence-electron chi connectivity index (χ0n) is 14.4. The van der Waals surface area contributed by atoms with E-state index in [1.54, 1.807) is 0 Å². The maximum absolute atomic E-state index is 14.9. The number of ether oxygens (including phenoxy) is 1. The molecule has 0 saturated carbocycles. The molecule has 4 rings (SSSR count). The molecule has 2 aliphatic rings. The molecular formula is C19H14F4N4O. The van der Waals surface area contributed by atoms with Crippen LogP contribution in [-0.4, -0.2) is 23.5 Å². The van der Waals surface area contributed by atoms with E-state index in [-0.39, 0.29) is 11.1 Å². The second-order valence-corrected chi connectivity index (χ2v) is 6.84. The van der Waals surface area contributed by atoms with E-state index in [1.165, 1.54) is 30.6 Å². The number of benzene rings is 1. The smallest absolute Gasteiger partial charge is 0.310 e. The molecule has 1 aromatic heterocycles. The Balaban J connectivity index is 1.97. The lowest BCUT2D eigenvalue weighted by atomic mass is 9.70. The average molecular weight is 390 g/mol. The van der Waals surface area contributed by atoms with Gasteiger partial charge in [0.2, 0.25) is 0 Å². The molecule has 0 saturated heterocycles. The second-order valence-electron chi connectivity index (χ2n) is 6.84. The van der Waals surface area contributed by atoms with E-state index in [0.717, 1.165) is 6.07 Å². The first-order chi connectivity index (χ1) is 13.2. The summed E-state index contributed by atoms with van der Waals surface area (Å²) in [6.45, 7) is -1.04. The molecular weight excluding hydrogens is 376 g/mol. The summed E-state index contributed by atoms with van der Waals surface area (Å²) >= 11 is 0. The van der Waals surface area contributed by atoms with Crippen LogP contribution in [0.4, 0.5) is 17.6 Å². The Morgan fingerprint density at radius 2 is 1.82 bits per heavy atom. The lowest BCUT2D eigenvalue weighted by molar-refractivity contribution is -0.143. The number of halogens is 4. The van der Waals surface area contributed by atoms with Crippen LogP contribution >= 0.6 is 0 Å². The Morgan fingerprint density at radius 3 is 2.57 bits per heavy atom. The number of nitrogens with two attached hydrogens (primary N) is 1. The van der Waals surface area contributed by atoms with Gasteiger partial charge in [-0.1, -0.05) is 12.1 Å². The van der Waals surface area contributed by atoms with Gasteiger partial charge in [-0.3, -0.25) is 4.98 Å². The number of amidine groups is 1. The van der Waals surface area contributed by atoms with Crippen LogP contribution in [0.2, 0.25) is 0 Å². The predicted molar refractivity (Wildman–Crippen MR) is 91.7 cm³/mol. The van der Waals surface area contributed by atoms with Gasteiger partial charge in [-0.2, -0.15) is 14.0 Å². The standard InChI is InChI=1S/C19H14F4N4O/c20-18(21)4-3-17(19(22,23)10-28-16(25)27-17)15-6-12(1-2-14(15)18)13-5-11(7-24)8-26-9-13/h1-2,5-6,8-9H,3-4,10H2,(H2,25,27)/t17-/m1/s1.